The highest BCUT2D eigenvalue weighted by Gasteiger charge is 2.29. The Bertz CT molecular complexity index is 611. The van der Waals surface area contributed by atoms with Crippen LogP contribution in [0.5, 0.6) is 5.75 Å². The molecule has 0 unspecified atom stereocenters. The second-order valence-electron chi connectivity index (χ2n) is 4.58. The second-order valence-corrected chi connectivity index (χ2v) is 4.99. The SMILES string of the molecule is Oc1ccc(CNCc2ccc(C(F)(F)F)cc2)cc1Cl. The lowest BCUT2D eigenvalue weighted by Gasteiger charge is -2.09. The number of alkyl halides is 3. The van der Waals surface area contributed by atoms with Gasteiger partial charge in [-0.25, -0.2) is 0 Å². The number of hydrogen-bond acceptors (Lipinski definition) is 2. The summed E-state index contributed by atoms with van der Waals surface area (Å²) in [5, 5.41) is 12.7. The van der Waals surface area contributed by atoms with Crippen LogP contribution in [0.4, 0.5) is 13.2 Å². The van der Waals surface area contributed by atoms with Crippen LogP contribution in [-0.2, 0) is 19.3 Å². The van der Waals surface area contributed by atoms with E-state index < -0.39 is 11.7 Å². The van der Waals surface area contributed by atoms with Crippen LogP contribution < -0.4 is 5.32 Å². The molecule has 0 aliphatic heterocycles. The molecule has 0 atom stereocenters. The lowest BCUT2D eigenvalue weighted by atomic mass is 10.1. The first kappa shape index (κ1) is 15.7. The van der Waals surface area contributed by atoms with E-state index in [1.54, 1.807) is 12.1 Å². The second kappa shape index (κ2) is 6.37. The fourth-order valence-electron chi connectivity index (χ4n) is 1.82. The van der Waals surface area contributed by atoms with Gasteiger partial charge in [0.1, 0.15) is 5.75 Å². The van der Waals surface area contributed by atoms with E-state index in [1.165, 1.54) is 18.2 Å². The van der Waals surface area contributed by atoms with Crippen LogP contribution in [0.1, 0.15) is 16.7 Å². The predicted molar refractivity (Wildman–Crippen MR) is 75.1 cm³/mol. The zero-order valence-corrected chi connectivity index (χ0v) is 11.7. The average molecular weight is 316 g/mol. The molecule has 0 aliphatic rings. The Morgan fingerprint density at radius 3 is 2.10 bits per heavy atom. The van der Waals surface area contributed by atoms with Crippen molar-refractivity contribution in [2.75, 3.05) is 0 Å². The third-order valence-electron chi connectivity index (χ3n) is 2.95. The largest absolute Gasteiger partial charge is 0.506 e. The summed E-state index contributed by atoms with van der Waals surface area (Å²) in [4.78, 5) is 0. The highest BCUT2D eigenvalue weighted by Crippen LogP contribution is 2.29. The van der Waals surface area contributed by atoms with Crippen molar-refractivity contribution < 1.29 is 18.3 Å². The molecule has 0 bridgehead atoms. The van der Waals surface area contributed by atoms with Crippen LogP contribution in [0, 0.1) is 0 Å². The summed E-state index contributed by atoms with van der Waals surface area (Å²) in [6.07, 6.45) is -4.31. The van der Waals surface area contributed by atoms with Gasteiger partial charge in [0, 0.05) is 13.1 Å². The summed E-state index contributed by atoms with van der Waals surface area (Å²) in [6.45, 7) is 0.942. The van der Waals surface area contributed by atoms with E-state index in [4.69, 9.17) is 11.6 Å². The Morgan fingerprint density at radius 1 is 0.952 bits per heavy atom. The zero-order valence-electron chi connectivity index (χ0n) is 10.9. The quantitative estimate of drug-likeness (QED) is 0.879. The molecule has 2 N–H and O–H groups in total. The number of rotatable bonds is 4. The fourth-order valence-corrected chi connectivity index (χ4v) is 2.03. The summed E-state index contributed by atoms with van der Waals surface area (Å²) in [7, 11) is 0. The first-order chi connectivity index (χ1) is 9.86. The molecule has 2 nitrogen and oxygen atoms in total. The lowest BCUT2D eigenvalue weighted by molar-refractivity contribution is -0.137. The predicted octanol–water partition coefficient (Wildman–Crippen LogP) is 4.35. The van der Waals surface area contributed by atoms with Gasteiger partial charge in [0.2, 0.25) is 0 Å². The fraction of sp³-hybridized carbons (Fsp3) is 0.200. The van der Waals surface area contributed by atoms with Gasteiger partial charge >= 0.3 is 6.18 Å². The molecule has 0 aromatic heterocycles. The third-order valence-corrected chi connectivity index (χ3v) is 3.25. The van der Waals surface area contributed by atoms with Gasteiger partial charge in [0.25, 0.3) is 0 Å². The van der Waals surface area contributed by atoms with E-state index in [9.17, 15) is 18.3 Å². The maximum Gasteiger partial charge on any atom is 0.416 e. The van der Waals surface area contributed by atoms with Crippen molar-refractivity contribution in [2.45, 2.75) is 19.3 Å². The highest BCUT2D eigenvalue weighted by atomic mass is 35.5. The van der Waals surface area contributed by atoms with Crippen LogP contribution in [0.25, 0.3) is 0 Å². The molecule has 0 spiro atoms. The van der Waals surface area contributed by atoms with Crippen molar-refractivity contribution >= 4 is 11.6 Å². The normalized spacial score (nSPS) is 11.6. The summed E-state index contributed by atoms with van der Waals surface area (Å²) in [6, 6.07) is 9.87. The molecule has 21 heavy (non-hydrogen) atoms. The van der Waals surface area contributed by atoms with Crippen molar-refractivity contribution in [3.63, 3.8) is 0 Å². The van der Waals surface area contributed by atoms with Gasteiger partial charge in [-0.1, -0.05) is 29.8 Å². The minimum absolute atomic E-state index is 0.0168. The molecule has 0 aliphatic carbocycles. The van der Waals surface area contributed by atoms with Gasteiger partial charge in [-0.3, -0.25) is 0 Å². The number of aromatic hydroxyl groups is 1. The first-order valence-corrected chi connectivity index (χ1v) is 6.58. The van der Waals surface area contributed by atoms with Gasteiger partial charge < -0.3 is 10.4 Å². The summed E-state index contributed by atoms with van der Waals surface area (Å²) in [5.74, 6) is 0.0168. The summed E-state index contributed by atoms with van der Waals surface area (Å²) >= 11 is 5.79. The number of phenols is 1. The molecule has 0 saturated carbocycles. The van der Waals surface area contributed by atoms with E-state index in [-0.39, 0.29) is 10.8 Å². The van der Waals surface area contributed by atoms with Gasteiger partial charge in [-0.2, -0.15) is 13.2 Å². The van der Waals surface area contributed by atoms with Crippen molar-refractivity contribution in [1.82, 2.24) is 5.32 Å². The lowest BCUT2D eigenvalue weighted by Crippen LogP contribution is -2.13. The zero-order chi connectivity index (χ0) is 15.5. The molecule has 2 aromatic rings. The van der Waals surface area contributed by atoms with Gasteiger partial charge in [0.05, 0.1) is 10.6 Å². The molecule has 0 saturated heterocycles. The molecule has 0 radical (unpaired) electrons. The van der Waals surface area contributed by atoms with Crippen molar-refractivity contribution in [3.05, 3.63) is 64.2 Å². The van der Waals surface area contributed by atoms with Gasteiger partial charge in [-0.15, -0.1) is 0 Å². The summed E-state index contributed by atoms with van der Waals surface area (Å²) < 4.78 is 37.2. The molecule has 0 fully saturated rings. The molecule has 112 valence electrons. The minimum atomic E-state index is -4.31. The maximum atomic E-state index is 12.4. The molecule has 0 heterocycles. The number of benzene rings is 2. The number of phenolic OH excluding ortho intramolecular Hbond substituents is 1. The third kappa shape index (κ3) is 4.37. The molecule has 2 aromatic carbocycles. The Hall–Kier alpha value is -1.72. The summed E-state index contributed by atoms with van der Waals surface area (Å²) in [5.41, 5.74) is 0.981. The maximum absolute atomic E-state index is 12.4. The van der Waals surface area contributed by atoms with Crippen molar-refractivity contribution in [1.29, 1.82) is 0 Å². The van der Waals surface area contributed by atoms with E-state index in [0.29, 0.717) is 13.1 Å². The highest BCUT2D eigenvalue weighted by molar-refractivity contribution is 6.32. The van der Waals surface area contributed by atoms with E-state index in [0.717, 1.165) is 23.3 Å². The van der Waals surface area contributed by atoms with E-state index in [2.05, 4.69) is 5.32 Å². The Labute approximate surface area is 125 Å². The molecule has 0 amide bonds. The molecular weight excluding hydrogens is 303 g/mol. The molecule has 2 rings (SSSR count). The van der Waals surface area contributed by atoms with Crippen LogP contribution in [0.2, 0.25) is 5.02 Å². The monoisotopic (exact) mass is 315 g/mol. The number of hydrogen-bond donors (Lipinski definition) is 2. The van der Waals surface area contributed by atoms with E-state index >= 15 is 0 Å². The molecular formula is C15H13ClF3NO. The van der Waals surface area contributed by atoms with Crippen LogP contribution in [0.3, 0.4) is 0 Å². The van der Waals surface area contributed by atoms with Crippen molar-refractivity contribution in [2.24, 2.45) is 0 Å². The van der Waals surface area contributed by atoms with E-state index in [1.807, 2.05) is 0 Å². The smallest absolute Gasteiger partial charge is 0.416 e. The minimum Gasteiger partial charge on any atom is -0.506 e. The standard InChI is InChI=1S/C15H13ClF3NO/c16-13-7-11(3-6-14(13)21)9-20-8-10-1-4-12(5-2-10)15(17,18)19/h1-7,20-21H,8-9H2. The Morgan fingerprint density at radius 2 is 1.52 bits per heavy atom. The number of nitrogens with one attached hydrogen (secondary N) is 1. The van der Waals surface area contributed by atoms with Gasteiger partial charge in [0.15, 0.2) is 0 Å². The Kier molecular flexibility index (Phi) is 4.75. The van der Waals surface area contributed by atoms with Crippen LogP contribution >= 0.6 is 11.6 Å². The number of halogens is 4. The van der Waals surface area contributed by atoms with Gasteiger partial charge in [-0.05, 0) is 35.4 Å². The Balaban J connectivity index is 1.90. The van der Waals surface area contributed by atoms with Crippen LogP contribution in [0.15, 0.2) is 42.5 Å². The molecule has 6 heteroatoms. The average Bonchev–Trinajstić information content (AvgIpc) is 2.42. The van der Waals surface area contributed by atoms with Crippen molar-refractivity contribution in [3.8, 4) is 5.75 Å². The van der Waals surface area contributed by atoms with Crippen LogP contribution in [-0.4, -0.2) is 5.11 Å². The first-order valence-electron chi connectivity index (χ1n) is 6.20. The topological polar surface area (TPSA) is 32.3 Å².